The van der Waals surface area contributed by atoms with Gasteiger partial charge in [0.1, 0.15) is 5.75 Å². The molecule has 30 heavy (non-hydrogen) atoms. The lowest BCUT2D eigenvalue weighted by atomic mass is 10.0. The molecule has 162 valence electrons. The van der Waals surface area contributed by atoms with E-state index in [1.54, 1.807) is 42.2 Å². The van der Waals surface area contributed by atoms with Crippen molar-refractivity contribution in [1.29, 1.82) is 0 Å². The maximum atomic E-state index is 12.9. The topological polar surface area (TPSA) is 75.7 Å². The van der Waals surface area contributed by atoms with Crippen molar-refractivity contribution in [2.75, 3.05) is 13.1 Å². The average Bonchev–Trinajstić information content (AvgIpc) is 2.74. The van der Waals surface area contributed by atoms with Gasteiger partial charge >= 0.3 is 0 Å². The summed E-state index contributed by atoms with van der Waals surface area (Å²) < 4.78 is 33.8. The van der Waals surface area contributed by atoms with E-state index in [1.807, 2.05) is 24.3 Å². The quantitative estimate of drug-likeness (QED) is 0.729. The van der Waals surface area contributed by atoms with Crippen LogP contribution in [0.2, 0.25) is 0 Å². The predicted molar refractivity (Wildman–Crippen MR) is 117 cm³/mol. The van der Waals surface area contributed by atoms with Gasteiger partial charge < -0.3 is 9.64 Å². The van der Waals surface area contributed by atoms with Crippen LogP contribution in [-0.4, -0.2) is 44.5 Å². The number of sulfonamides is 1. The number of rotatable bonds is 7. The summed E-state index contributed by atoms with van der Waals surface area (Å²) in [5.41, 5.74) is 1.08. The normalized spacial score (nSPS) is 16.5. The van der Waals surface area contributed by atoms with Gasteiger partial charge in [-0.25, -0.2) is 13.1 Å². The van der Waals surface area contributed by atoms with Crippen LogP contribution in [-0.2, 0) is 14.8 Å². The van der Waals surface area contributed by atoms with E-state index in [9.17, 15) is 13.2 Å². The second-order valence-corrected chi connectivity index (χ2v) is 9.70. The SMILES string of the molecule is CC(Oc1ccccc1C(C)C)C(=O)N1CCC(NS(=O)(=O)c2ccccc2)CC1. The zero-order valence-corrected chi connectivity index (χ0v) is 18.6. The van der Waals surface area contributed by atoms with Crippen LogP contribution in [0.4, 0.5) is 0 Å². The number of benzene rings is 2. The Morgan fingerprint density at radius 3 is 2.23 bits per heavy atom. The fourth-order valence-corrected chi connectivity index (χ4v) is 4.99. The zero-order chi connectivity index (χ0) is 21.7. The van der Waals surface area contributed by atoms with Crippen LogP contribution in [0.1, 0.15) is 45.1 Å². The van der Waals surface area contributed by atoms with Gasteiger partial charge in [0.05, 0.1) is 4.90 Å². The third kappa shape index (κ3) is 5.40. The molecule has 1 aliphatic rings. The number of piperidine rings is 1. The molecule has 0 aliphatic carbocycles. The Kier molecular flexibility index (Phi) is 7.15. The average molecular weight is 431 g/mol. The van der Waals surface area contributed by atoms with Crippen molar-refractivity contribution in [2.45, 2.75) is 56.6 Å². The van der Waals surface area contributed by atoms with E-state index in [0.717, 1.165) is 11.3 Å². The summed E-state index contributed by atoms with van der Waals surface area (Å²) in [6.45, 7) is 6.95. The van der Waals surface area contributed by atoms with Gasteiger partial charge in [0.15, 0.2) is 6.10 Å². The Morgan fingerprint density at radius 1 is 1.00 bits per heavy atom. The first-order chi connectivity index (χ1) is 14.3. The summed E-state index contributed by atoms with van der Waals surface area (Å²) in [6.07, 6.45) is 0.558. The molecule has 3 rings (SSSR count). The van der Waals surface area contributed by atoms with E-state index in [0.29, 0.717) is 31.8 Å². The fourth-order valence-electron chi connectivity index (χ4n) is 3.67. The molecule has 1 saturated heterocycles. The number of nitrogens with one attached hydrogen (secondary N) is 1. The molecule has 6 nitrogen and oxygen atoms in total. The first kappa shape index (κ1) is 22.3. The van der Waals surface area contributed by atoms with Crippen molar-refractivity contribution >= 4 is 15.9 Å². The molecule has 2 aromatic carbocycles. The van der Waals surface area contributed by atoms with Gasteiger partial charge in [-0.15, -0.1) is 0 Å². The van der Waals surface area contributed by atoms with Crippen molar-refractivity contribution < 1.29 is 17.9 Å². The van der Waals surface area contributed by atoms with Crippen LogP contribution >= 0.6 is 0 Å². The molecule has 7 heteroatoms. The van der Waals surface area contributed by atoms with Crippen molar-refractivity contribution in [1.82, 2.24) is 9.62 Å². The maximum absolute atomic E-state index is 12.9. The van der Waals surface area contributed by atoms with Gasteiger partial charge in [0.2, 0.25) is 10.0 Å². The number of likely N-dealkylation sites (tertiary alicyclic amines) is 1. The molecule has 0 spiro atoms. The van der Waals surface area contributed by atoms with Gasteiger partial charge in [-0.2, -0.15) is 0 Å². The number of hydrogen-bond acceptors (Lipinski definition) is 4. The Labute approximate surface area is 179 Å². The standard InChI is InChI=1S/C23H30N2O4S/c1-17(2)21-11-7-8-12-22(21)29-18(3)23(26)25-15-13-19(14-16-25)24-30(27,28)20-9-5-4-6-10-20/h4-12,17-19,24H,13-16H2,1-3H3. The summed E-state index contributed by atoms with van der Waals surface area (Å²) in [4.78, 5) is 14.9. The number of para-hydroxylation sites is 1. The Morgan fingerprint density at radius 2 is 1.60 bits per heavy atom. The number of carbonyl (C=O) groups excluding carboxylic acids is 1. The highest BCUT2D eigenvalue weighted by molar-refractivity contribution is 7.89. The first-order valence-corrected chi connectivity index (χ1v) is 11.9. The summed E-state index contributed by atoms with van der Waals surface area (Å²) in [5, 5.41) is 0. The minimum atomic E-state index is -3.55. The molecule has 0 bridgehead atoms. The molecular formula is C23H30N2O4S. The molecule has 1 heterocycles. The van der Waals surface area contributed by atoms with Crippen LogP contribution in [0.5, 0.6) is 5.75 Å². The zero-order valence-electron chi connectivity index (χ0n) is 17.7. The third-order valence-electron chi connectivity index (χ3n) is 5.37. The number of carbonyl (C=O) groups is 1. The summed E-state index contributed by atoms with van der Waals surface area (Å²) in [7, 11) is -3.55. The molecule has 1 unspecified atom stereocenters. The van der Waals surface area contributed by atoms with E-state index in [1.165, 1.54) is 0 Å². The van der Waals surface area contributed by atoms with E-state index in [2.05, 4.69) is 18.6 Å². The van der Waals surface area contributed by atoms with E-state index < -0.39 is 16.1 Å². The number of amides is 1. The van der Waals surface area contributed by atoms with Crippen molar-refractivity contribution in [3.63, 3.8) is 0 Å². The highest BCUT2D eigenvalue weighted by Crippen LogP contribution is 2.27. The van der Waals surface area contributed by atoms with Crippen molar-refractivity contribution in [3.8, 4) is 5.75 Å². The van der Waals surface area contributed by atoms with Gasteiger partial charge in [-0.3, -0.25) is 4.79 Å². The molecule has 1 atom stereocenters. The summed E-state index contributed by atoms with van der Waals surface area (Å²) in [5.74, 6) is 0.966. The Balaban J connectivity index is 1.55. The summed E-state index contributed by atoms with van der Waals surface area (Å²) >= 11 is 0. The lowest BCUT2D eigenvalue weighted by Crippen LogP contribution is -2.49. The second kappa shape index (κ2) is 9.62. The van der Waals surface area contributed by atoms with Gasteiger partial charge in [0, 0.05) is 19.1 Å². The van der Waals surface area contributed by atoms with E-state index >= 15 is 0 Å². The van der Waals surface area contributed by atoms with Crippen molar-refractivity contribution in [2.24, 2.45) is 0 Å². The van der Waals surface area contributed by atoms with Crippen molar-refractivity contribution in [3.05, 3.63) is 60.2 Å². The smallest absolute Gasteiger partial charge is 0.263 e. The van der Waals surface area contributed by atoms with Gasteiger partial charge in [-0.05, 0) is 49.4 Å². The largest absolute Gasteiger partial charge is 0.481 e. The molecular weight excluding hydrogens is 400 g/mol. The van der Waals surface area contributed by atoms with Crippen LogP contribution < -0.4 is 9.46 Å². The fraction of sp³-hybridized carbons (Fsp3) is 0.435. The van der Waals surface area contributed by atoms with Crippen LogP contribution in [0.3, 0.4) is 0 Å². The molecule has 1 amide bonds. The highest BCUT2D eigenvalue weighted by atomic mass is 32.2. The summed E-state index contributed by atoms with van der Waals surface area (Å²) in [6, 6.07) is 15.9. The van der Waals surface area contributed by atoms with Crippen LogP contribution in [0, 0.1) is 0 Å². The Hall–Kier alpha value is -2.38. The molecule has 2 aromatic rings. The molecule has 0 radical (unpaired) electrons. The minimum Gasteiger partial charge on any atom is -0.481 e. The molecule has 0 saturated carbocycles. The van der Waals surface area contributed by atoms with E-state index in [-0.39, 0.29) is 16.8 Å². The minimum absolute atomic E-state index is 0.0714. The second-order valence-electron chi connectivity index (χ2n) is 7.99. The number of ether oxygens (including phenoxy) is 1. The monoisotopic (exact) mass is 430 g/mol. The van der Waals surface area contributed by atoms with E-state index in [4.69, 9.17) is 4.74 Å². The lowest BCUT2D eigenvalue weighted by Gasteiger charge is -2.34. The van der Waals surface area contributed by atoms with Crippen LogP contribution in [0.15, 0.2) is 59.5 Å². The lowest BCUT2D eigenvalue weighted by molar-refractivity contribution is -0.139. The molecule has 1 N–H and O–H groups in total. The van der Waals surface area contributed by atoms with Crippen LogP contribution in [0.25, 0.3) is 0 Å². The maximum Gasteiger partial charge on any atom is 0.263 e. The molecule has 1 fully saturated rings. The number of hydrogen-bond donors (Lipinski definition) is 1. The highest BCUT2D eigenvalue weighted by Gasteiger charge is 2.29. The van der Waals surface area contributed by atoms with Gasteiger partial charge in [-0.1, -0.05) is 50.2 Å². The predicted octanol–water partition coefficient (Wildman–Crippen LogP) is 3.55. The molecule has 1 aliphatic heterocycles. The Bertz CT molecular complexity index is 952. The first-order valence-electron chi connectivity index (χ1n) is 10.4. The molecule has 0 aromatic heterocycles. The number of nitrogens with zero attached hydrogens (tertiary/aromatic N) is 1. The third-order valence-corrected chi connectivity index (χ3v) is 6.91. The van der Waals surface area contributed by atoms with Gasteiger partial charge in [0.25, 0.3) is 5.91 Å².